The first-order valence-corrected chi connectivity index (χ1v) is 18.5. The fourth-order valence-corrected chi connectivity index (χ4v) is 8.80. The number of aliphatic hydroxyl groups is 1. The molecule has 0 fully saturated rings. The van der Waals surface area contributed by atoms with Crippen molar-refractivity contribution in [3.63, 3.8) is 0 Å². The average Bonchev–Trinajstić information content (AvgIpc) is 3.95. The Labute approximate surface area is 318 Å². The summed E-state index contributed by atoms with van der Waals surface area (Å²) in [7, 11) is 0. The molecule has 3 aromatic carbocycles. The minimum Gasteiger partial charge on any atom is -0.453 e. The lowest BCUT2D eigenvalue weighted by Gasteiger charge is -2.28. The van der Waals surface area contributed by atoms with Crippen LogP contribution in [0.2, 0.25) is 5.15 Å². The van der Waals surface area contributed by atoms with Crippen LogP contribution < -0.4 is 20.1 Å². The van der Waals surface area contributed by atoms with Gasteiger partial charge in [-0.2, -0.15) is 4.98 Å². The quantitative estimate of drug-likeness (QED) is 0.174. The van der Waals surface area contributed by atoms with Crippen LogP contribution in [-0.4, -0.2) is 49.4 Å². The number of rotatable bonds is 4. The van der Waals surface area contributed by atoms with Crippen LogP contribution in [-0.2, 0) is 21.4 Å². The van der Waals surface area contributed by atoms with Crippen molar-refractivity contribution < 1.29 is 33.0 Å². The molecule has 7 heterocycles. The van der Waals surface area contributed by atoms with E-state index >= 15 is 0 Å². The van der Waals surface area contributed by atoms with Crippen molar-refractivity contribution in [2.75, 3.05) is 0 Å². The van der Waals surface area contributed by atoms with Crippen LogP contribution in [0.3, 0.4) is 0 Å². The van der Waals surface area contributed by atoms with Crippen molar-refractivity contribution in [1.82, 2.24) is 24.7 Å². The van der Waals surface area contributed by atoms with Gasteiger partial charge >= 0.3 is 0 Å². The number of fused-ring (bicyclic) bond motifs is 7. The molecule has 274 valence electrons. The predicted octanol–water partition coefficient (Wildman–Crippen LogP) is 6.90. The topological polar surface area (TPSA) is 154 Å². The second-order valence-electron chi connectivity index (χ2n) is 15.0. The van der Waals surface area contributed by atoms with E-state index in [-0.39, 0.29) is 40.9 Å². The smallest absolute Gasteiger partial charge is 0.262 e. The molecule has 4 aliphatic rings. The van der Waals surface area contributed by atoms with E-state index in [1.54, 1.807) is 20.0 Å². The first-order valence-electron chi connectivity index (χ1n) is 17.8. The molecular weight excluding hydrogens is 733 g/mol. The maximum absolute atomic E-state index is 14.2. The summed E-state index contributed by atoms with van der Waals surface area (Å²) in [6.07, 6.45) is -0.400. The second kappa shape index (κ2) is 11.6. The summed E-state index contributed by atoms with van der Waals surface area (Å²) in [5.74, 6) is 0.344. The van der Waals surface area contributed by atoms with Crippen molar-refractivity contribution in [2.45, 2.75) is 64.0 Å². The third kappa shape index (κ3) is 4.47. The standard InChI is InChI=1S/C40H33Cl2N5O7/c1-16(2)28-37-45-29-33(54-37)40-22-9-5-8-20(19-7-6-10-25-27(19)21(15-47(25)42)32-34(41)46-38(29)52-32)31(22)53-39(40)51-26-12-11-18(13-23(26)40)14-24(35(49)44-28)43-36(50)30(48)17(3)4/h5-13,15-17,24,28,30,39,48H,14H2,1-4H3,(H,43,50)(H,44,49)/t24-,28-,30-,39-,40-/m0/s1. The van der Waals surface area contributed by atoms with Gasteiger partial charge in [0.2, 0.25) is 17.7 Å². The van der Waals surface area contributed by atoms with Gasteiger partial charge in [0.05, 0.1) is 5.52 Å². The molecule has 0 unspecified atom stereocenters. The molecule has 1 spiro atoms. The molecule has 3 N–H and O–H groups in total. The molecule has 6 aromatic rings. The molecule has 2 amide bonds. The number of para-hydroxylation sites is 1. The Morgan fingerprint density at radius 1 is 1.02 bits per heavy atom. The van der Waals surface area contributed by atoms with Crippen molar-refractivity contribution in [1.29, 1.82) is 0 Å². The lowest BCUT2D eigenvalue weighted by molar-refractivity contribution is -0.135. The Hall–Kier alpha value is -5.30. The molecule has 0 aliphatic carbocycles. The molecule has 0 radical (unpaired) electrons. The summed E-state index contributed by atoms with van der Waals surface area (Å²) in [4.78, 5) is 37.2. The number of ether oxygens (including phenoxy) is 2. The van der Waals surface area contributed by atoms with E-state index in [4.69, 9.17) is 51.7 Å². The van der Waals surface area contributed by atoms with Crippen molar-refractivity contribution in [2.24, 2.45) is 11.8 Å². The Balaban J connectivity index is 1.30. The third-order valence-corrected chi connectivity index (χ3v) is 11.6. The Kier molecular flexibility index (Phi) is 7.15. The Morgan fingerprint density at radius 3 is 2.61 bits per heavy atom. The van der Waals surface area contributed by atoms with Crippen LogP contribution >= 0.6 is 23.4 Å². The van der Waals surface area contributed by atoms with Gasteiger partial charge in [-0.05, 0) is 35.1 Å². The van der Waals surface area contributed by atoms with Crippen LogP contribution in [0.4, 0.5) is 0 Å². The highest BCUT2D eigenvalue weighted by Gasteiger charge is 2.63. The number of oxazole rings is 2. The van der Waals surface area contributed by atoms with Gasteiger partial charge in [-0.25, -0.2) is 4.98 Å². The average molecular weight is 767 g/mol. The molecule has 5 atom stereocenters. The van der Waals surface area contributed by atoms with E-state index in [0.717, 1.165) is 33.2 Å². The van der Waals surface area contributed by atoms with Gasteiger partial charge in [-0.15, -0.1) is 0 Å². The normalized spacial score (nSPS) is 22.2. The van der Waals surface area contributed by atoms with E-state index in [0.29, 0.717) is 34.1 Å². The van der Waals surface area contributed by atoms with Crippen LogP contribution in [0.1, 0.15) is 62.1 Å². The number of amides is 2. The van der Waals surface area contributed by atoms with Gasteiger partial charge in [0.15, 0.2) is 27.8 Å². The number of carbonyl (C=O) groups excluding carboxylic acids is 2. The van der Waals surface area contributed by atoms with Crippen LogP contribution in [0.25, 0.3) is 44.9 Å². The Bertz CT molecular complexity index is 2590. The minimum atomic E-state index is -1.31. The molecule has 12 nitrogen and oxygen atoms in total. The molecule has 14 heteroatoms. The first kappa shape index (κ1) is 33.3. The fraction of sp³-hybridized carbons (Fsp3) is 0.300. The van der Waals surface area contributed by atoms with Crippen molar-refractivity contribution in [3.05, 3.63) is 94.3 Å². The molecule has 54 heavy (non-hydrogen) atoms. The molecule has 3 aromatic heterocycles. The maximum atomic E-state index is 14.2. The van der Waals surface area contributed by atoms with Gasteiger partial charge in [0.25, 0.3) is 12.2 Å². The molecule has 4 aliphatic heterocycles. The number of carbonyl (C=O) groups is 2. The zero-order chi connectivity index (χ0) is 37.4. The summed E-state index contributed by atoms with van der Waals surface area (Å²) >= 11 is 13.7. The Morgan fingerprint density at radius 2 is 1.81 bits per heavy atom. The van der Waals surface area contributed by atoms with Crippen LogP contribution in [0.5, 0.6) is 11.5 Å². The number of nitrogens with one attached hydrogen (secondary N) is 2. The van der Waals surface area contributed by atoms with Crippen LogP contribution in [0, 0.1) is 11.8 Å². The van der Waals surface area contributed by atoms with E-state index in [1.807, 2.05) is 68.4 Å². The molecule has 0 saturated heterocycles. The molecule has 10 rings (SSSR count). The van der Waals surface area contributed by atoms with Gasteiger partial charge in [-0.3, -0.25) is 13.7 Å². The van der Waals surface area contributed by atoms with Gasteiger partial charge in [0, 0.05) is 52.0 Å². The van der Waals surface area contributed by atoms with E-state index in [2.05, 4.69) is 10.6 Å². The zero-order valence-corrected chi connectivity index (χ0v) is 31.0. The summed E-state index contributed by atoms with van der Waals surface area (Å²) < 4.78 is 28.6. The number of aromatic nitrogens is 3. The lowest BCUT2D eigenvalue weighted by atomic mass is 9.72. The number of hydrogen-bond acceptors (Lipinski definition) is 9. The van der Waals surface area contributed by atoms with Gasteiger partial charge < -0.3 is 34.0 Å². The summed E-state index contributed by atoms with van der Waals surface area (Å²) in [6.45, 7) is 7.33. The highest BCUT2D eigenvalue weighted by atomic mass is 35.5. The number of hydrogen-bond donors (Lipinski definition) is 3. The first-order chi connectivity index (χ1) is 25.9. The largest absolute Gasteiger partial charge is 0.453 e. The predicted molar refractivity (Wildman–Crippen MR) is 198 cm³/mol. The molecule has 0 saturated carbocycles. The summed E-state index contributed by atoms with van der Waals surface area (Å²) in [5.41, 5.74) is 4.17. The lowest BCUT2D eigenvalue weighted by Crippen LogP contribution is -2.52. The third-order valence-electron chi connectivity index (χ3n) is 11.0. The van der Waals surface area contributed by atoms with Crippen LogP contribution in [0.15, 0.2) is 69.6 Å². The second-order valence-corrected chi connectivity index (χ2v) is 15.7. The summed E-state index contributed by atoms with van der Waals surface area (Å²) in [5, 5.41) is 17.4. The summed E-state index contributed by atoms with van der Waals surface area (Å²) in [6, 6.07) is 15.6. The molecule has 10 bridgehead atoms. The monoisotopic (exact) mass is 765 g/mol. The SMILES string of the molecule is CC(C)[C@H](O)C(=O)N[C@H]1Cc2ccc3c(c2)[C@]24c5cccc(c5O[C@@H]2O3)-c2cccc3c2c(cn3Cl)-c2oc(nc2Cl)-c2nc(oc24)[C@H](C(C)C)NC1=O. The van der Waals surface area contributed by atoms with E-state index in [1.165, 1.54) is 4.09 Å². The fourth-order valence-electron chi connectivity index (χ4n) is 8.34. The minimum absolute atomic E-state index is 0.0902. The number of aliphatic hydroxyl groups excluding tert-OH is 1. The van der Waals surface area contributed by atoms with Crippen molar-refractivity contribution >= 4 is 46.1 Å². The maximum Gasteiger partial charge on any atom is 0.262 e. The van der Waals surface area contributed by atoms with E-state index < -0.39 is 41.7 Å². The zero-order valence-electron chi connectivity index (χ0n) is 29.4. The highest BCUT2D eigenvalue weighted by molar-refractivity contribution is 6.32. The number of nitrogens with zero attached hydrogens (tertiary/aromatic N) is 3. The van der Waals surface area contributed by atoms with Gasteiger partial charge in [-0.1, -0.05) is 81.8 Å². The number of benzene rings is 3. The van der Waals surface area contributed by atoms with Gasteiger partial charge in [0.1, 0.15) is 29.7 Å². The van der Waals surface area contributed by atoms with Crippen molar-refractivity contribution in [3.8, 4) is 45.5 Å². The molecular formula is C40H33Cl2N5O7. The van der Waals surface area contributed by atoms with E-state index in [9.17, 15) is 14.7 Å². The highest BCUT2D eigenvalue weighted by Crippen LogP contribution is 2.62. The number of halogens is 2.